The van der Waals surface area contributed by atoms with Crippen LogP contribution in [-0.2, 0) is 0 Å². The summed E-state index contributed by atoms with van der Waals surface area (Å²) in [5.74, 6) is 0.933. The molecule has 0 amide bonds. The average molecular weight is 390 g/mol. The summed E-state index contributed by atoms with van der Waals surface area (Å²) >= 11 is 5.19. The number of hydrogen-bond donors (Lipinski definition) is 0. The molecular weight excluding hydrogens is 370 g/mol. The third-order valence-corrected chi connectivity index (χ3v) is 5.32. The fourth-order valence-electron chi connectivity index (χ4n) is 2.45. The van der Waals surface area contributed by atoms with E-state index in [-0.39, 0.29) is 0 Å². The zero-order chi connectivity index (χ0) is 15.9. The van der Waals surface area contributed by atoms with E-state index in [9.17, 15) is 0 Å². The van der Waals surface area contributed by atoms with Crippen molar-refractivity contribution in [1.82, 2.24) is 4.98 Å². The van der Waals surface area contributed by atoms with Gasteiger partial charge < -0.3 is 4.74 Å². The van der Waals surface area contributed by atoms with Crippen molar-refractivity contribution in [2.45, 2.75) is 25.7 Å². The minimum absolute atomic E-state index is 0.783. The van der Waals surface area contributed by atoms with E-state index in [2.05, 4.69) is 46.3 Å². The molecule has 2 aromatic carbocycles. The van der Waals surface area contributed by atoms with Gasteiger partial charge in [-0.2, -0.15) is 0 Å². The fourth-order valence-corrected chi connectivity index (χ4v) is 3.81. The summed E-state index contributed by atoms with van der Waals surface area (Å²) in [6.45, 7) is 0.783. The topological polar surface area (TPSA) is 22.1 Å². The van der Waals surface area contributed by atoms with Gasteiger partial charge in [0.15, 0.2) is 0 Å². The van der Waals surface area contributed by atoms with Crippen LogP contribution in [0, 0.1) is 0 Å². The van der Waals surface area contributed by atoms with Crippen LogP contribution in [-0.4, -0.2) is 16.9 Å². The lowest BCUT2D eigenvalue weighted by Gasteiger charge is -2.07. The van der Waals surface area contributed by atoms with Crippen LogP contribution in [0.15, 0.2) is 48.5 Å². The Morgan fingerprint density at radius 3 is 2.70 bits per heavy atom. The molecule has 0 unspecified atom stereocenters. The van der Waals surface area contributed by atoms with Crippen LogP contribution < -0.4 is 4.74 Å². The Hall–Kier alpha value is -1.39. The maximum absolute atomic E-state index is 5.89. The molecule has 0 atom stereocenters. The summed E-state index contributed by atoms with van der Waals surface area (Å²) in [6.07, 6.45) is 4.84. The lowest BCUT2D eigenvalue weighted by atomic mass is 10.2. The third kappa shape index (κ3) is 4.55. The van der Waals surface area contributed by atoms with Crippen LogP contribution in [0.2, 0.25) is 0 Å². The van der Waals surface area contributed by atoms with E-state index < -0.39 is 0 Å². The van der Waals surface area contributed by atoms with Crippen LogP contribution in [0.3, 0.4) is 0 Å². The molecule has 0 saturated carbocycles. The molecule has 3 rings (SSSR count). The number of rotatable bonds is 8. The Kier molecular flexibility index (Phi) is 6.06. The molecule has 0 radical (unpaired) electrons. The molecule has 4 heteroatoms. The van der Waals surface area contributed by atoms with E-state index in [0.717, 1.165) is 40.2 Å². The number of aromatic nitrogens is 1. The summed E-state index contributed by atoms with van der Waals surface area (Å²) in [5.41, 5.74) is 2.19. The van der Waals surface area contributed by atoms with Crippen molar-refractivity contribution in [2.75, 3.05) is 11.9 Å². The Morgan fingerprint density at radius 2 is 1.83 bits per heavy atom. The van der Waals surface area contributed by atoms with Crippen LogP contribution in [0.1, 0.15) is 25.7 Å². The largest absolute Gasteiger partial charge is 0.494 e. The monoisotopic (exact) mass is 389 g/mol. The number of benzene rings is 2. The third-order valence-electron chi connectivity index (χ3n) is 3.67. The molecule has 0 saturated heterocycles. The SMILES string of the molecule is BrCCCCCCOc1cccc(-c2nc3ccccc3s2)c1. The zero-order valence-corrected chi connectivity index (χ0v) is 15.4. The van der Waals surface area contributed by atoms with Gasteiger partial charge in [-0.25, -0.2) is 4.98 Å². The van der Waals surface area contributed by atoms with E-state index in [4.69, 9.17) is 9.72 Å². The summed E-state index contributed by atoms with van der Waals surface area (Å²) < 4.78 is 7.11. The smallest absolute Gasteiger partial charge is 0.124 e. The molecule has 0 bridgehead atoms. The Bertz CT molecular complexity index is 723. The Balaban J connectivity index is 1.63. The first-order valence-corrected chi connectivity index (χ1v) is 9.95. The zero-order valence-electron chi connectivity index (χ0n) is 13.0. The first-order chi connectivity index (χ1) is 11.4. The van der Waals surface area contributed by atoms with Gasteiger partial charge >= 0.3 is 0 Å². The van der Waals surface area contributed by atoms with E-state index in [1.165, 1.54) is 24.0 Å². The highest BCUT2D eigenvalue weighted by atomic mass is 79.9. The molecule has 0 spiro atoms. The van der Waals surface area contributed by atoms with Crippen LogP contribution in [0.5, 0.6) is 5.75 Å². The highest BCUT2D eigenvalue weighted by molar-refractivity contribution is 9.09. The second-order valence-electron chi connectivity index (χ2n) is 5.47. The van der Waals surface area contributed by atoms with E-state index >= 15 is 0 Å². The molecule has 0 aliphatic carbocycles. The molecular formula is C19H20BrNOS. The van der Waals surface area contributed by atoms with Gasteiger partial charge in [-0.15, -0.1) is 11.3 Å². The summed E-state index contributed by atoms with van der Waals surface area (Å²) in [5, 5.41) is 2.15. The van der Waals surface area contributed by atoms with Crippen molar-refractivity contribution in [3.8, 4) is 16.3 Å². The summed E-state index contributed by atoms with van der Waals surface area (Å²) in [7, 11) is 0. The second-order valence-corrected chi connectivity index (χ2v) is 7.29. The Labute approximate surface area is 149 Å². The molecule has 2 nitrogen and oxygen atoms in total. The maximum Gasteiger partial charge on any atom is 0.124 e. The highest BCUT2D eigenvalue weighted by Crippen LogP contribution is 2.31. The molecule has 0 aliphatic heterocycles. The normalized spacial score (nSPS) is 11.0. The van der Waals surface area contributed by atoms with Gasteiger partial charge in [0.05, 0.1) is 16.8 Å². The molecule has 0 aliphatic rings. The van der Waals surface area contributed by atoms with Crippen molar-refractivity contribution in [2.24, 2.45) is 0 Å². The molecule has 23 heavy (non-hydrogen) atoms. The van der Waals surface area contributed by atoms with Crippen molar-refractivity contribution in [3.05, 3.63) is 48.5 Å². The first kappa shape index (κ1) is 16.5. The number of fused-ring (bicyclic) bond motifs is 1. The van der Waals surface area contributed by atoms with E-state index in [0.29, 0.717) is 0 Å². The molecule has 0 N–H and O–H groups in total. The number of halogens is 1. The van der Waals surface area contributed by atoms with Gasteiger partial charge in [-0.1, -0.05) is 53.0 Å². The molecule has 1 aromatic heterocycles. The quantitative estimate of drug-likeness (QED) is 0.333. The van der Waals surface area contributed by atoms with Gasteiger partial charge in [0.1, 0.15) is 10.8 Å². The highest BCUT2D eigenvalue weighted by Gasteiger charge is 2.06. The van der Waals surface area contributed by atoms with Gasteiger partial charge in [0, 0.05) is 10.9 Å². The van der Waals surface area contributed by atoms with Gasteiger partial charge in [0.25, 0.3) is 0 Å². The lowest BCUT2D eigenvalue weighted by Crippen LogP contribution is -1.97. The summed E-state index contributed by atoms with van der Waals surface area (Å²) in [6, 6.07) is 16.5. The van der Waals surface area contributed by atoms with Crippen molar-refractivity contribution < 1.29 is 4.74 Å². The van der Waals surface area contributed by atoms with Crippen molar-refractivity contribution >= 4 is 37.5 Å². The van der Waals surface area contributed by atoms with Gasteiger partial charge in [-0.3, -0.25) is 0 Å². The maximum atomic E-state index is 5.89. The Morgan fingerprint density at radius 1 is 0.957 bits per heavy atom. The average Bonchev–Trinajstić information content (AvgIpc) is 3.02. The summed E-state index contributed by atoms with van der Waals surface area (Å²) in [4.78, 5) is 4.71. The predicted molar refractivity (Wildman–Crippen MR) is 103 cm³/mol. The van der Waals surface area contributed by atoms with E-state index in [1.807, 2.05) is 18.2 Å². The van der Waals surface area contributed by atoms with Gasteiger partial charge in [-0.05, 0) is 37.1 Å². The first-order valence-electron chi connectivity index (χ1n) is 8.01. The number of unbranched alkanes of at least 4 members (excludes halogenated alkanes) is 3. The molecule has 0 fully saturated rings. The van der Waals surface area contributed by atoms with Gasteiger partial charge in [0.2, 0.25) is 0 Å². The molecule has 3 aromatic rings. The number of para-hydroxylation sites is 1. The van der Waals surface area contributed by atoms with E-state index in [1.54, 1.807) is 11.3 Å². The second kappa shape index (κ2) is 8.46. The van der Waals surface area contributed by atoms with Crippen molar-refractivity contribution in [1.29, 1.82) is 0 Å². The molecule has 1 heterocycles. The number of ether oxygens (including phenoxy) is 1. The number of alkyl halides is 1. The number of thiazole rings is 1. The van der Waals surface area contributed by atoms with Crippen LogP contribution in [0.4, 0.5) is 0 Å². The lowest BCUT2D eigenvalue weighted by molar-refractivity contribution is 0.305. The fraction of sp³-hybridized carbons (Fsp3) is 0.316. The molecule has 120 valence electrons. The minimum Gasteiger partial charge on any atom is -0.494 e. The van der Waals surface area contributed by atoms with Crippen LogP contribution in [0.25, 0.3) is 20.8 Å². The standard InChI is InChI=1S/C19H20BrNOS/c20-12-5-1-2-6-13-22-16-9-7-8-15(14-16)19-21-17-10-3-4-11-18(17)23-19/h3-4,7-11,14H,1-2,5-6,12-13H2. The number of nitrogens with zero attached hydrogens (tertiary/aromatic N) is 1. The minimum atomic E-state index is 0.783. The number of hydrogen-bond acceptors (Lipinski definition) is 3. The predicted octanol–water partition coefficient (Wildman–Crippen LogP) is 6.30. The van der Waals surface area contributed by atoms with Crippen LogP contribution >= 0.6 is 27.3 Å². The van der Waals surface area contributed by atoms with Crippen molar-refractivity contribution in [3.63, 3.8) is 0 Å².